The second-order valence-electron chi connectivity index (χ2n) is 5.28. The third kappa shape index (κ3) is 1.64. The summed E-state index contributed by atoms with van der Waals surface area (Å²) in [4.78, 5) is 6.72. The molecule has 0 spiro atoms. The zero-order valence-corrected chi connectivity index (χ0v) is 10.9. The van der Waals surface area contributed by atoms with Crippen LogP contribution in [0.25, 0.3) is 0 Å². The number of nitrogens with zero attached hydrogens (tertiary/aromatic N) is 2. The molecule has 0 saturated heterocycles. The highest BCUT2D eigenvalue weighted by Crippen LogP contribution is 2.41. The molecule has 1 unspecified atom stereocenters. The minimum Gasteiger partial charge on any atom is -0.497 e. The van der Waals surface area contributed by atoms with Crippen molar-refractivity contribution >= 4 is 5.96 Å². The van der Waals surface area contributed by atoms with E-state index in [-0.39, 0.29) is 5.54 Å². The summed E-state index contributed by atoms with van der Waals surface area (Å²) in [5, 5.41) is 0. The lowest BCUT2D eigenvalue weighted by molar-refractivity contribution is 0.215. The Bertz CT molecular complexity index is 496. The van der Waals surface area contributed by atoms with Crippen molar-refractivity contribution in [1.29, 1.82) is 0 Å². The average Bonchev–Trinajstić information content (AvgIpc) is 3.17. The summed E-state index contributed by atoms with van der Waals surface area (Å²) in [6.07, 6.45) is 2.44. The van der Waals surface area contributed by atoms with Crippen LogP contribution < -0.4 is 10.5 Å². The summed E-state index contributed by atoms with van der Waals surface area (Å²) in [7, 11) is 1.69. The summed E-state index contributed by atoms with van der Waals surface area (Å²) in [5.41, 5.74) is 7.14. The van der Waals surface area contributed by atoms with Gasteiger partial charge in [0.25, 0.3) is 0 Å². The monoisotopic (exact) mass is 245 g/mol. The van der Waals surface area contributed by atoms with Gasteiger partial charge in [0.15, 0.2) is 5.96 Å². The fourth-order valence-electron chi connectivity index (χ4n) is 2.75. The normalized spacial score (nSPS) is 27.2. The molecule has 1 heterocycles. The molecule has 2 aliphatic rings. The van der Waals surface area contributed by atoms with Crippen molar-refractivity contribution in [2.75, 3.05) is 13.7 Å². The summed E-state index contributed by atoms with van der Waals surface area (Å²) in [5.74, 6) is 1.57. The van der Waals surface area contributed by atoms with E-state index < -0.39 is 0 Å². The Morgan fingerprint density at radius 2 is 2.22 bits per heavy atom. The molecule has 4 heteroatoms. The molecule has 18 heavy (non-hydrogen) atoms. The Kier molecular flexibility index (Phi) is 2.47. The molecule has 0 amide bonds. The fraction of sp³-hybridized carbons (Fsp3) is 0.500. The lowest BCUT2D eigenvalue weighted by atomic mass is 9.90. The highest BCUT2D eigenvalue weighted by Gasteiger charge is 2.46. The van der Waals surface area contributed by atoms with Crippen LogP contribution in [0.15, 0.2) is 29.3 Å². The molecular formula is C14H19N3O. The second-order valence-corrected chi connectivity index (χ2v) is 5.28. The van der Waals surface area contributed by atoms with Gasteiger partial charge in [-0.25, -0.2) is 0 Å². The number of hydrogen-bond acceptors (Lipinski definition) is 4. The molecule has 1 aromatic carbocycles. The first kappa shape index (κ1) is 11.4. The third-order valence-corrected chi connectivity index (χ3v) is 3.93. The predicted octanol–water partition coefficient (Wildman–Crippen LogP) is 1.70. The van der Waals surface area contributed by atoms with Crippen LogP contribution in [-0.2, 0) is 5.54 Å². The molecule has 0 bridgehead atoms. The van der Waals surface area contributed by atoms with E-state index in [0.717, 1.165) is 12.3 Å². The minimum absolute atomic E-state index is 0.125. The lowest BCUT2D eigenvalue weighted by Crippen LogP contribution is -2.48. The van der Waals surface area contributed by atoms with Crippen molar-refractivity contribution in [2.45, 2.75) is 31.3 Å². The number of aliphatic imine (C=N–C) groups is 1. The van der Waals surface area contributed by atoms with Crippen molar-refractivity contribution in [1.82, 2.24) is 4.90 Å². The molecule has 0 aromatic heterocycles. The van der Waals surface area contributed by atoms with Gasteiger partial charge in [-0.05, 0) is 37.5 Å². The van der Waals surface area contributed by atoms with Crippen LogP contribution in [0.1, 0.15) is 25.3 Å². The van der Waals surface area contributed by atoms with Gasteiger partial charge in [0.05, 0.1) is 19.2 Å². The highest BCUT2D eigenvalue weighted by molar-refractivity contribution is 5.82. The maximum atomic E-state index is 6.05. The summed E-state index contributed by atoms with van der Waals surface area (Å²) in [6.45, 7) is 2.94. The smallest absolute Gasteiger partial charge is 0.192 e. The first-order valence-corrected chi connectivity index (χ1v) is 6.39. The SMILES string of the molecule is COc1cccc(C2(C)CN=C(N)N2C2CC2)c1. The van der Waals surface area contributed by atoms with Crippen molar-refractivity contribution in [3.63, 3.8) is 0 Å². The van der Waals surface area contributed by atoms with Gasteiger partial charge in [0.2, 0.25) is 0 Å². The quantitative estimate of drug-likeness (QED) is 0.882. The van der Waals surface area contributed by atoms with Crippen molar-refractivity contribution in [3.05, 3.63) is 29.8 Å². The van der Waals surface area contributed by atoms with Crippen molar-refractivity contribution in [2.24, 2.45) is 10.7 Å². The van der Waals surface area contributed by atoms with Crippen LogP contribution in [-0.4, -0.2) is 30.6 Å². The second kappa shape index (κ2) is 3.90. The van der Waals surface area contributed by atoms with Crippen molar-refractivity contribution in [3.8, 4) is 5.75 Å². The number of methoxy groups -OCH3 is 1. The lowest BCUT2D eigenvalue weighted by Gasteiger charge is -2.37. The minimum atomic E-state index is -0.125. The Morgan fingerprint density at radius 3 is 2.89 bits per heavy atom. The first-order chi connectivity index (χ1) is 8.65. The number of benzene rings is 1. The van der Waals surface area contributed by atoms with E-state index in [1.807, 2.05) is 12.1 Å². The first-order valence-electron chi connectivity index (χ1n) is 6.39. The molecule has 2 N–H and O–H groups in total. The standard InChI is InChI=1S/C14H19N3O/c1-14(10-4-3-5-12(8-10)18-2)9-16-13(15)17(14)11-6-7-11/h3-5,8,11H,6-7,9H2,1-2H3,(H2,15,16). The summed E-state index contributed by atoms with van der Waals surface area (Å²) >= 11 is 0. The molecule has 1 aliphatic heterocycles. The van der Waals surface area contributed by atoms with Gasteiger partial charge in [-0.15, -0.1) is 0 Å². The van der Waals surface area contributed by atoms with E-state index in [1.54, 1.807) is 7.11 Å². The largest absolute Gasteiger partial charge is 0.497 e. The molecule has 96 valence electrons. The van der Waals surface area contributed by atoms with Gasteiger partial charge in [0.1, 0.15) is 5.75 Å². The van der Waals surface area contributed by atoms with Crippen LogP contribution >= 0.6 is 0 Å². The number of guanidine groups is 1. The van der Waals surface area contributed by atoms with Crippen LogP contribution in [0.2, 0.25) is 0 Å². The zero-order chi connectivity index (χ0) is 12.8. The van der Waals surface area contributed by atoms with Crippen LogP contribution in [0.3, 0.4) is 0 Å². The molecule has 4 nitrogen and oxygen atoms in total. The van der Waals surface area contributed by atoms with Crippen LogP contribution in [0.4, 0.5) is 0 Å². The van der Waals surface area contributed by atoms with Gasteiger partial charge >= 0.3 is 0 Å². The number of hydrogen-bond donors (Lipinski definition) is 1. The van der Waals surface area contributed by atoms with E-state index in [2.05, 4.69) is 28.9 Å². The molecule has 3 rings (SSSR count). The number of rotatable bonds is 3. The number of ether oxygens (including phenoxy) is 1. The van der Waals surface area contributed by atoms with Gasteiger partial charge in [-0.2, -0.15) is 0 Å². The zero-order valence-electron chi connectivity index (χ0n) is 10.9. The van der Waals surface area contributed by atoms with Crippen LogP contribution in [0.5, 0.6) is 5.75 Å². The molecule has 0 radical (unpaired) electrons. The van der Waals surface area contributed by atoms with E-state index in [1.165, 1.54) is 18.4 Å². The predicted molar refractivity (Wildman–Crippen MR) is 71.7 cm³/mol. The van der Waals surface area contributed by atoms with E-state index in [0.29, 0.717) is 12.0 Å². The number of nitrogens with two attached hydrogens (primary N) is 1. The van der Waals surface area contributed by atoms with E-state index in [9.17, 15) is 0 Å². The Balaban J connectivity index is 1.98. The molecule has 1 fully saturated rings. The Labute approximate surface area is 107 Å². The molecule has 1 atom stereocenters. The molecule has 1 aliphatic carbocycles. The fourth-order valence-corrected chi connectivity index (χ4v) is 2.75. The van der Waals surface area contributed by atoms with Gasteiger partial charge < -0.3 is 15.4 Å². The Morgan fingerprint density at radius 1 is 1.44 bits per heavy atom. The summed E-state index contributed by atoms with van der Waals surface area (Å²) < 4.78 is 5.31. The van der Waals surface area contributed by atoms with E-state index in [4.69, 9.17) is 10.5 Å². The van der Waals surface area contributed by atoms with Crippen LogP contribution in [0, 0.1) is 0 Å². The highest BCUT2D eigenvalue weighted by atomic mass is 16.5. The maximum absolute atomic E-state index is 6.05. The van der Waals surface area contributed by atoms with E-state index >= 15 is 0 Å². The maximum Gasteiger partial charge on any atom is 0.192 e. The Hall–Kier alpha value is -1.71. The van der Waals surface area contributed by atoms with Gasteiger partial charge in [-0.3, -0.25) is 4.99 Å². The third-order valence-electron chi connectivity index (χ3n) is 3.93. The molecule has 1 saturated carbocycles. The average molecular weight is 245 g/mol. The van der Waals surface area contributed by atoms with Gasteiger partial charge in [0, 0.05) is 6.04 Å². The molecular weight excluding hydrogens is 226 g/mol. The van der Waals surface area contributed by atoms with Crippen molar-refractivity contribution < 1.29 is 4.74 Å². The van der Waals surface area contributed by atoms with Gasteiger partial charge in [-0.1, -0.05) is 12.1 Å². The summed E-state index contributed by atoms with van der Waals surface area (Å²) in [6, 6.07) is 8.77. The topological polar surface area (TPSA) is 50.9 Å². The molecule has 1 aromatic rings.